The van der Waals surface area contributed by atoms with E-state index in [-0.39, 0.29) is 12.1 Å². The second-order valence-corrected chi connectivity index (χ2v) is 8.97. The van der Waals surface area contributed by atoms with Crippen molar-refractivity contribution in [1.82, 2.24) is 4.31 Å². The van der Waals surface area contributed by atoms with E-state index in [1.54, 1.807) is 0 Å². The second-order valence-electron chi connectivity index (χ2n) is 7.72. The molecule has 1 rings (SSSR count). The summed E-state index contributed by atoms with van der Waals surface area (Å²) in [5, 5.41) is 0. The molecule has 1 aliphatic rings. The zero-order chi connectivity index (χ0) is 21.6. The largest absolute Gasteiger partial charge is 0.731 e. The molecule has 1 aliphatic heterocycles. The summed E-state index contributed by atoms with van der Waals surface area (Å²) in [6.45, 7) is 15.0. The summed E-state index contributed by atoms with van der Waals surface area (Å²) in [5.74, 6) is 1.32. The normalized spacial score (nSPS) is 16.9. The van der Waals surface area contributed by atoms with Crippen molar-refractivity contribution in [3.63, 3.8) is 0 Å². The molecule has 7 nitrogen and oxygen atoms in total. The molecule has 0 bridgehead atoms. The minimum Gasteiger partial charge on any atom is -0.731 e. The predicted octanol–water partition coefficient (Wildman–Crippen LogP) is 3.16. The van der Waals surface area contributed by atoms with Crippen molar-refractivity contribution < 1.29 is 22.2 Å². The zero-order valence-electron chi connectivity index (χ0n) is 18.3. The maximum absolute atomic E-state index is 10.3. The predicted molar refractivity (Wildman–Crippen MR) is 113 cm³/mol. The molecule has 1 fully saturated rings. The minimum atomic E-state index is -4.62. The van der Waals surface area contributed by atoms with E-state index in [2.05, 4.69) is 27.7 Å². The lowest BCUT2D eigenvalue weighted by atomic mass is 10.1. The van der Waals surface area contributed by atoms with Gasteiger partial charge >= 0.3 is 0 Å². The molecule has 1 atom stereocenters. The van der Waals surface area contributed by atoms with Gasteiger partial charge < -0.3 is 14.8 Å². The third kappa shape index (κ3) is 9.52. The molecular weight excluding hydrogens is 378 g/mol. The summed E-state index contributed by atoms with van der Waals surface area (Å²) in [6.07, 6.45) is 10.3. The fourth-order valence-electron chi connectivity index (χ4n) is 3.49. The van der Waals surface area contributed by atoms with Crippen LogP contribution in [-0.4, -0.2) is 60.0 Å². The van der Waals surface area contributed by atoms with Crippen molar-refractivity contribution in [2.75, 3.05) is 26.2 Å². The summed E-state index contributed by atoms with van der Waals surface area (Å²) in [6, 6.07) is 0. The maximum atomic E-state index is 10.3. The number of nitrogens with two attached hydrogens (primary N) is 1. The molecule has 0 aromatic carbocycles. The van der Waals surface area contributed by atoms with Crippen molar-refractivity contribution in [3.8, 4) is 0 Å². The van der Waals surface area contributed by atoms with Crippen LogP contribution in [0.4, 0.5) is 0 Å². The Bertz CT molecular complexity index is 536. The third-order valence-electron chi connectivity index (χ3n) is 5.27. The van der Waals surface area contributed by atoms with Crippen molar-refractivity contribution in [1.29, 1.82) is 0 Å². The van der Waals surface area contributed by atoms with Gasteiger partial charge in [0.1, 0.15) is 11.6 Å². The Hall–Kier alpha value is -0.920. The van der Waals surface area contributed by atoms with E-state index >= 15 is 0 Å². The number of hydrogen-bond donors (Lipinski definition) is 1. The Morgan fingerprint density at radius 3 is 1.50 bits per heavy atom. The van der Waals surface area contributed by atoms with Crippen LogP contribution in [-0.2, 0) is 15.1 Å². The minimum absolute atomic E-state index is 0.0883. The van der Waals surface area contributed by atoms with Gasteiger partial charge in [0.25, 0.3) is 0 Å². The Kier molecular flexibility index (Phi) is 13.7. The van der Waals surface area contributed by atoms with Gasteiger partial charge in [-0.25, -0.2) is 13.2 Å². The first-order valence-electron chi connectivity index (χ1n) is 10.8. The van der Waals surface area contributed by atoms with E-state index in [1.165, 1.54) is 88.0 Å². The Morgan fingerprint density at radius 2 is 1.32 bits per heavy atom. The van der Waals surface area contributed by atoms with Gasteiger partial charge in [0, 0.05) is 6.42 Å². The van der Waals surface area contributed by atoms with Crippen LogP contribution in [0.25, 0.3) is 0 Å². The molecule has 0 aliphatic carbocycles. The summed E-state index contributed by atoms with van der Waals surface area (Å²) >= 11 is 0. The highest BCUT2D eigenvalue weighted by Crippen LogP contribution is 2.26. The van der Waals surface area contributed by atoms with Gasteiger partial charge in [0.2, 0.25) is 0 Å². The van der Waals surface area contributed by atoms with Crippen molar-refractivity contribution in [3.05, 3.63) is 5.70 Å². The van der Waals surface area contributed by atoms with E-state index in [0.717, 1.165) is 0 Å². The van der Waals surface area contributed by atoms with Crippen molar-refractivity contribution in [2.45, 2.75) is 91.6 Å². The van der Waals surface area contributed by atoms with E-state index in [4.69, 9.17) is 5.73 Å². The van der Waals surface area contributed by atoms with E-state index in [1.807, 2.05) is 0 Å². The SMILES string of the molecule is CCCC[N+](CCCC)(CCCC)CCCC.NC1CC(=C=O)N1S(=O)(=O)[O-]. The Labute approximate surface area is 172 Å². The Morgan fingerprint density at radius 1 is 0.964 bits per heavy atom. The monoisotopic (exact) mass is 419 g/mol. The van der Waals surface area contributed by atoms with Crippen LogP contribution < -0.4 is 5.73 Å². The Balaban J connectivity index is 0.000000567. The third-order valence-corrected chi connectivity index (χ3v) is 6.25. The zero-order valence-corrected chi connectivity index (χ0v) is 19.1. The molecule has 0 aromatic rings. The van der Waals surface area contributed by atoms with Crippen LogP contribution in [0.15, 0.2) is 5.70 Å². The summed E-state index contributed by atoms with van der Waals surface area (Å²) in [7, 11) is -4.62. The fourth-order valence-corrected chi connectivity index (χ4v) is 4.28. The molecular formula is C20H41N3O4S. The van der Waals surface area contributed by atoms with Gasteiger partial charge in [-0.1, -0.05) is 53.4 Å². The smallest absolute Gasteiger partial charge is 0.186 e. The molecule has 0 spiro atoms. The molecule has 0 saturated carbocycles. The van der Waals surface area contributed by atoms with E-state index in [9.17, 15) is 17.8 Å². The molecule has 28 heavy (non-hydrogen) atoms. The van der Waals surface area contributed by atoms with Crippen LogP contribution in [0, 0.1) is 0 Å². The molecule has 1 heterocycles. The average Bonchev–Trinajstić information content (AvgIpc) is 2.63. The van der Waals surface area contributed by atoms with Gasteiger partial charge in [-0.05, 0) is 25.7 Å². The van der Waals surface area contributed by atoms with Crippen LogP contribution in [0.5, 0.6) is 0 Å². The van der Waals surface area contributed by atoms with Gasteiger partial charge in [0.05, 0.1) is 32.3 Å². The first-order chi connectivity index (χ1) is 13.2. The van der Waals surface area contributed by atoms with Crippen LogP contribution in [0.3, 0.4) is 0 Å². The van der Waals surface area contributed by atoms with E-state index < -0.39 is 16.5 Å². The van der Waals surface area contributed by atoms with Gasteiger partial charge in [-0.2, -0.15) is 0 Å². The van der Waals surface area contributed by atoms with E-state index in [0.29, 0.717) is 4.31 Å². The average molecular weight is 420 g/mol. The lowest BCUT2D eigenvalue weighted by molar-refractivity contribution is -0.929. The number of carbonyl (C=O) groups excluding carboxylic acids is 1. The van der Waals surface area contributed by atoms with Gasteiger partial charge in [-0.15, -0.1) is 0 Å². The molecule has 2 N–H and O–H groups in total. The maximum Gasteiger partial charge on any atom is 0.186 e. The van der Waals surface area contributed by atoms with Crippen molar-refractivity contribution >= 4 is 16.2 Å². The number of rotatable bonds is 13. The van der Waals surface area contributed by atoms with Gasteiger partial charge in [0.15, 0.2) is 10.3 Å². The highest BCUT2D eigenvalue weighted by atomic mass is 32.2. The quantitative estimate of drug-likeness (QED) is 0.280. The van der Waals surface area contributed by atoms with Gasteiger partial charge in [-0.3, -0.25) is 4.31 Å². The first kappa shape index (κ1) is 27.1. The van der Waals surface area contributed by atoms with Crippen LogP contribution >= 0.6 is 0 Å². The molecule has 1 unspecified atom stereocenters. The summed E-state index contributed by atoms with van der Waals surface area (Å²) in [4.78, 5) is 9.93. The standard InChI is InChI=1S/C16H36N.C4H6N2O4S/c1-5-9-13-17(14-10-6-2,15-11-7-3)16-12-8-4;5-4-1-3(2-7)6(4)11(8,9)10/h5-16H2,1-4H3;4H,1,5H2,(H,8,9,10)/q+1;/p-1. The first-order valence-corrected chi connectivity index (χ1v) is 12.2. The fraction of sp³-hybridized carbons (Fsp3) is 0.900. The number of hydrogen-bond acceptors (Lipinski definition) is 5. The lowest BCUT2D eigenvalue weighted by Gasteiger charge is -2.40. The summed E-state index contributed by atoms with van der Waals surface area (Å²) in [5.41, 5.74) is 4.92. The molecule has 1 saturated heterocycles. The molecule has 8 heteroatoms. The molecule has 0 amide bonds. The summed E-state index contributed by atoms with van der Waals surface area (Å²) < 4.78 is 32.6. The molecule has 0 radical (unpaired) electrons. The second kappa shape index (κ2) is 14.1. The molecule has 166 valence electrons. The number of unbranched alkanes of at least 4 members (excludes halogenated alkanes) is 4. The van der Waals surface area contributed by atoms with Crippen LogP contribution in [0.1, 0.15) is 85.5 Å². The topological polar surface area (TPSA) is 104 Å². The highest BCUT2D eigenvalue weighted by molar-refractivity contribution is 7.83. The van der Waals surface area contributed by atoms with Crippen LogP contribution in [0.2, 0.25) is 0 Å². The lowest BCUT2D eigenvalue weighted by Crippen LogP contribution is -2.54. The number of quaternary nitrogens is 1. The highest BCUT2D eigenvalue weighted by Gasteiger charge is 2.35. The van der Waals surface area contributed by atoms with Crippen molar-refractivity contribution in [2.24, 2.45) is 5.73 Å². The molecule has 0 aromatic heterocycles. The number of nitrogens with zero attached hydrogens (tertiary/aromatic N) is 2.